The number of benzene rings is 2. The van der Waals surface area contributed by atoms with Gasteiger partial charge in [-0.3, -0.25) is 9.69 Å². The van der Waals surface area contributed by atoms with Gasteiger partial charge >= 0.3 is 0 Å². The molecule has 1 aliphatic heterocycles. The molecule has 154 valence electrons. The minimum absolute atomic E-state index is 0.0756. The van der Waals surface area contributed by atoms with Crippen LogP contribution in [0, 0.1) is 5.92 Å². The van der Waals surface area contributed by atoms with Gasteiger partial charge in [0.15, 0.2) is 0 Å². The lowest BCUT2D eigenvalue weighted by Gasteiger charge is -2.31. The summed E-state index contributed by atoms with van der Waals surface area (Å²) in [6.07, 6.45) is 4.38. The number of rotatable bonds is 6. The third-order valence-corrected chi connectivity index (χ3v) is 7.01. The zero-order valence-corrected chi connectivity index (χ0v) is 17.8. The van der Waals surface area contributed by atoms with E-state index in [4.69, 9.17) is 4.42 Å². The monoisotopic (exact) mass is 418 g/mol. The van der Waals surface area contributed by atoms with Gasteiger partial charge in [-0.05, 0) is 60.1 Å². The fourth-order valence-electron chi connectivity index (χ4n) is 4.47. The van der Waals surface area contributed by atoms with E-state index in [-0.39, 0.29) is 5.91 Å². The number of amides is 1. The zero-order chi connectivity index (χ0) is 20.3. The van der Waals surface area contributed by atoms with Crippen molar-refractivity contribution in [3.05, 3.63) is 70.6 Å². The standard InChI is InChI=1S/C25H26N2O2S/c28-24(26-15-18-9-11-27(12-10-18)16-21-5-3-13-30-21)14-20-17-29-23-8-7-19-4-1-2-6-22(19)25(20)23/h1-8,13,17-18H,9-12,14-16H2,(H,26,28). The number of hydrogen-bond donors (Lipinski definition) is 1. The molecule has 0 bridgehead atoms. The number of carbonyl (C=O) groups excluding carboxylic acids is 1. The molecule has 1 N–H and O–H groups in total. The summed E-state index contributed by atoms with van der Waals surface area (Å²) in [6.45, 7) is 4.04. The van der Waals surface area contributed by atoms with Crippen LogP contribution in [0.15, 0.2) is 64.6 Å². The van der Waals surface area contributed by atoms with Crippen molar-refractivity contribution >= 4 is 39.0 Å². The quantitative estimate of drug-likeness (QED) is 0.467. The molecule has 1 amide bonds. The van der Waals surface area contributed by atoms with Crippen molar-refractivity contribution < 1.29 is 9.21 Å². The summed E-state index contributed by atoms with van der Waals surface area (Å²) >= 11 is 1.83. The summed E-state index contributed by atoms with van der Waals surface area (Å²) in [5.41, 5.74) is 1.81. The molecule has 2 aromatic carbocycles. The second-order valence-corrected chi connectivity index (χ2v) is 9.23. The Morgan fingerprint density at radius 1 is 1.10 bits per heavy atom. The Morgan fingerprint density at radius 2 is 1.97 bits per heavy atom. The average molecular weight is 419 g/mol. The van der Waals surface area contributed by atoms with E-state index in [0.29, 0.717) is 12.3 Å². The molecule has 4 nitrogen and oxygen atoms in total. The van der Waals surface area contributed by atoms with Crippen LogP contribution in [0.4, 0.5) is 0 Å². The van der Waals surface area contributed by atoms with Gasteiger partial charge < -0.3 is 9.73 Å². The molecular weight excluding hydrogens is 392 g/mol. The fraction of sp³-hybridized carbons (Fsp3) is 0.320. The first-order valence-corrected chi connectivity index (χ1v) is 11.5. The molecule has 0 aliphatic carbocycles. The molecule has 3 heterocycles. The predicted octanol–water partition coefficient (Wildman–Crippen LogP) is 5.22. The van der Waals surface area contributed by atoms with Crippen LogP contribution in [0.2, 0.25) is 0 Å². The maximum absolute atomic E-state index is 12.6. The van der Waals surface area contributed by atoms with E-state index in [2.05, 4.69) is 45.9 Å². The minimum atomic E-state index is 0.0756. The van der Waals surface area contributed by atoms with E-state index < -0.39 is 0 Å². The lowest BCUT2D eigenvalue weighted by molar-refractivity contribution is -0.120. The highest BCUT2D eigenvalue weighted by Gasteiger charge is 2.20. The highest BCUT2D eigenvalue weighted by Crippen LogP contribution is 2.30. The largest absolute Gasteiger partial charge is 0.464 e. The highest BCUT2D eigenvalue weighted by molar-refractivity contribution is 7.09. The first-order valence-electron chi connectivity index (χ1n) is 10.7. The molecule has 5 heteroatoms. The molecule has 30 heavy (non-hydrogen) atoms. The first kappa shape index (κ1) is 19.3. The summed E-state index contributed by atoms with van der Waals surface area (Å²) < 4.78 is 5.72. The maximum atomic E-state index is 12.6. The molecule has 0 spiro atoms. The third kappa shape index (κ3) is 4.13. The summed E-state index contributed by atoms with van der Waals surface area (Å²) in [5.74, 6) is 0.641. The van der Waals surface area contributed by atoms with Crippen LogP contribution in [-0.2, 0) is 17.8 Å². The Balaban J connectivity index is 1.16. The summed E-state index contributed by atoms with van der Waals surface area (Å²) in [4.78, 5) is 16.6. The van der Waals surface area contributed by atoms with Crippen molar-refractivity contribution in [1.82, 2.24) is 10.2 Å². The molecule has 0 unspecified atom stereocenters. The number of nitrogens with zero attached hydrogens (tertiary/aromatic N) is 1. The summed E-state index contributed by atoms with van der Waals surface area (Å²) in [6, 6.07) is 16.6. The number of hydrogen-bond acceptors (Lipinski definition) is 4. The Kier molecular flexibility index (Phi) is 5.56. The number of nitrogens with one attached hydrogen (secondary N) is 1. The molecule has 5 rings (SSSR count). The predicted molar refractivity (Wildman–Crippen MR) is 123 cm³/mol. The van der Waals surface area contributed by atoms with E-state index in [1.54, 1.807) is 6.26 Å². The topological polar surface area (TPSA) is 45.5 Å². The van der Waals surface area contributed by atoms with Gasteiger partial charge in [0.05, 0.1) is 12.7 Å². The van der Waals surface area contributed by atoms with Crippen LogP contribution < -0.4 is 5.32 Å². The molecule has 0 saturated carbocycles. The molecule has 1 aliphatic rings. The Labute approximate surface area is 180 Å². The van der Waals surface area contributed by atoms with Crippen LogP contribution in [0.5, 0.6) is 0 Å². The SMILES string of the molecule is O=C(Cc1coc2ccc3ccccc3c12)NCC1CCN(Cc2cccs2)CC1. The smallest absolute Gasteiger partial charge is 0.224 e. The molecule has 0 atom stereocenters. The second kappa shape index (κ2) is 8.62. The van der Waals surface area contributed by atoms with Crippen LogP contribution in [0.3, 0.4) is 0 Å². The number of piperidine rings is 1. The number of thiophene rings is 1. The van der Waals surface area contributed by atoms with Gasteiger partial charge in [-0.15, -0.1) is 11.3 Å². The van der Waals surface area contributed by atoms with Crippen molar-refractivity contribution in [2.75, 3.05) is 19.6 Å². The van der Waals surface area contributed by atoms with E-state index in [9.17, 15) is 4.79 Å². The van der Waals surface area contributed by atoms with Crippen molar-refractivity contribution in [1.29, 1.82) is 0 Å². The van der Waals surface area contributed by atoms with Gasteiger partial charge in [0.2, 0.25) is 5.91 Å². The maximum Gasteiger partial charge on any atom is 0.224 e. The molecule has 1 saturated heterocycles. The van der Waals surface area contributed by atoms with E-state index in [1.807, 2.05) is 29.5 Å². The summed E-state index contributed by atoms with van der Waals surface area (Å²) in [5, 5.41) is 8.68. The first-order chi connectivity index (χ1) is 14.8. The molecule has 1 fully saturated rings. The molecule has 4 aromatic rings. The number of carbonyl (C=O) groups is 1. The van der Waals surface area contributed by atoms with E-state index in [0.717, 1.165) is 60.9 Å². The number of fused-ring (bicyclic) bond motifs is 3. The van der Waals surface area contributed by atoms with Gasteiger partial charge in [-0.1, -0.05) is 36.4 Å². The normalized spacial score (nSPS) is 15.7. The van der Waals surface area contributed by atoms with Gasteiger partial charge in [0.25, 0.3) is 0 Å². The van der Waals surface area contributed by atoms with E-state index >= 15 is 0 Å². The minimum Gasteiger partial charge on any atom is -0.464 e. The highest BCUT2D eigenvalue weighted by atomic mass is 32.1. The average Bonchev–Trinajstić information content (AvgIpc) is 3.43. The van der Waals surface area contributed by atoms with Crippen LogP contribution in [0.25, 0.3) is 21.7 Å². The van der Waals surface area contributed by atoms with Crippen molar-refractivity contribution in [3.8, 4) is 0 Å². The third-order valence-electron chi connectivity index (χ3n) is 6.15. The van der Waals surface area contributed by atoms with Crippen molar-refractivity contribution in [3.63, 3.8) is 0 Å². The zero-order valence-electron chi connectivity index (χ0n) is 17.0. The fourth-order valence-corrected chi connectivity index (χ4v) is 5.22. The molecular formula is C25H26N2O2S. The van der Waals surface area contributed by atoms with Crippen LogP contribution >= 0.6 is 11.3 Å². The Bertz CT molecular complexity index is 1140. The van der Waals surface area contributed by atoms with Crippen LogP contribution in [0.1, 0.15) is 23.3 Å². The number of likely N-dealkylation sites (tertiary alicyclic amines) is 1. The Morgan fingerprint density at radius 3 is 2.80 bits per heavy atom. The summed E-state index contributed by atoms with van der Waals surface area (Å²) in [7, 11) is 0. The van der Waals surface area contributed by atoms with Gasteiger partial charge in [0.1, 0.15) is 5.58 Å². The van der Waals surface area contributed by atoms with Gasteiger partial charge in [-0.2, -0.15) is 0 Å². The second-order valence-electron chi connectivity index (χ2n) is 8.20. The van der Waals surface area contributed by atoms with E-state index in [1.165, 1.54) is 10.3 Å². The van der Waals surface area contributed by atoms with Crippen molar-refractivity contribution in [2.24, 2.45) is 5.92 Å². The lowest BCUT2D eigenvalue weighted by Crippen LogP contribution is -2.38. The molecule has 2 aromatic heterocycles. The number of furan rings is 1. The van der Waals surface area contributed by atoms with Crippen LogP contribution in [-0.4, -0.2) is 30.4 Å². The Hall–Kier alpha value is -2.63. The molecule has 0 radical (unpaired) electrons. The van der Waals surface area contributed by atoms with Crippen molar-refractivity contribution in [2.45, 2.75) is 25.8 Å². The van der Waals surface area contributed by atoms with Gasteiger partial charge in [-0.25, -0.2) is 0 Å². The lowest BCUT2D eigenvalue weighted by atomic mass is 9.96. The van der Waals surface area contributed by atoms with Gasteiger partial charge in [0, 0.05) is 28.9 Å².